The predicted octanol–water partition coefficient (Wildman–Crippen LogP) is 1.58. The lowest BCUT2D eigenvalue weighted by Gasteiger charge is -2.37. The Hall–Kier alpha value is -2.61. The molecular formula is C17H23FN6O. The van der Waals surface area contributed by atoms with Crippen LogP contribution in [0, 0.1) is 5.82 Å². The summed E-state index contributed by atoms with van der Waals surface area (Å²) in [5.74, 6) is 1.13. The molecule has 0 unspecified atom stereocenters. The molecule has 2 heterocycles. The van der Waals surface area contributed by atoms with Crippen molar-refractivity contribution in [3.63, 3.8) is 0 Å². The summed E-state index contributed by atoms with van der Waals surface area (Å²) in [5, 5.41) is 3.15. The van der Waals surface area contributed by atoms with E-state index in [-0.39, 0.29) is 5.82 Å². The first-order valence-corrected chi connectivity index (χ1v) is 8.28. The van der Waals surface area contributed by atoms with Crippen LogP contribution in [0.15, 0.2) is 30.6 Å². The standard InChI is InChI=1S/C17H23FN6O/c1-25-11-6-20-16-15(19)17(22-12-21-16)24-9-7-23(8-10-24)14-5-3-2-4-13(14)18/h2-5,12H,6-11,19H2,1H3,(H,20,21,22). The quantitative estimate of drug-likeness (QED) is 0.769. The number of benzene rings is 1. The number of methoxy groups -OCH3 is 1. The van der Waals surface area contributed by atoms with Gasteiger partial charge in [-0.3, -0.25) is 0 Å². The molecule has 1 aliphatic heterocycles. The highest BCUT2D eigenvalue weighted by Gasteiger charge is 2.22. The summed E-state index contributed by atoms with van der Waals surface area (Å²) in [5.41, 5.74) is 7.39. The summed E-state index contributed by atoms with van der Waals surface area (Å²) >= 11 is 0. The lowest BCUT2D eigenvalue weighted by atomic mass is 10.2. The Balaban J connectivity index is 1.67. The molecule has 1 fully saturated rings. The van der Waals surface area contributed by atoms with Crippen molar-refractivity contribution in [2.75, 3.05) is 67.3 Å². The molecule has 1 saturated heterocycles. The number of piperazine rings is 1. The number of nitrogens with zero attached hydrogens (tertiary/aromatic N) is 4. The average Bonchev–Trinajstić information content (AvgIpc) is 2.64. The lowest BCUT2D eigenvalue weighted by molar-refractivity contribution is 0.210. The zero-order valence-corrected chi connectivity index (χ0v) is 14.3. The molecule has 3 N–H and O–H groups in total. The number of hydrogen-bond acceptors (Lipinski definition) is 7. The summed E-state index contributed by atoms with van der Waals surface area (Å²) in [6, 6.07) is 6.85. The average molecular weight is 346 g/mol. The second-order valence-electron chi connectivity index (χ2n) is 5.80. The number of anilines is 4. The van der Waals surface area contributed by atoms with Gasteiger partial charge in [-0.2, -0.15) is 0 Å². The minimum Gasteiger partial charge on any atom is -0.393 e. The molecule has 1 aliphatic rings. The highest BCUT2D eigenvalue weighted by atomic mass is 19.1. The van der Waals surface area contributed by atoms with E-state index in [0.717, 1.165) is 0 Å². The molecule has 0 radical (unpaired) electrons. The Morgan fingerprint density at radius 2 is 1.88 bits per heavy atom. The van der Waals surface area contributed by atoms with Crippen molar-refractivity contribution < 1.29 is 9.13 Å². The Bertz CT molecular complexity index is 705. The van der Waals surface area contributed by atoms with Crippen LogP contribution in [0.5, 0.6) is 0 Å². The predicted molar refractivity (Wildman–Crippen MR) is 97.6 cm³/mol. The highest BCUT2D eigenvalue weighted by molar-refractivity contribution is 5.75. The number of aromatic nitrogens is 2. The van der Waals surface area contributed by atoms with Crippen LogP contribution < -0.4 is 20.9 Å². The van der Waals surface area contributed by atoms with Crippen LogP contribution in [0.1, 0.15) is 0 Å². The molecule has 0 amide bonds. The maximum Gasteiger partial charge on any atom is 0.157 e. The summed E-state index contributed by atoms with van der Waals surface area (Å²) in [7, 11) is 1.64. The molecule has 3 rings (SSSR count). The molecule has 0 atom stereocenters. The van der Waals surface area contributed by atoms with E-state index < -0.39 is 0 Å². The normalized spacial score (nSPS) is 14.6. The van der Waals surface area contributed by atoms with Gasteiger partial charge in [-0.05, 0) is 12.1 Å². The Labute approximate surface area is 146 Å². The van der Waals surface area contributed by atoms with Crippen LogP contribution in [0.3, 0.4) is 0 Å². The molecule has 1 aromatic heterocycles. The van der Waals surface area contributed by atoms with E-state index in [2.05, 4.69) is 20.2 Å². The van der Waals surface area contributed by atoms with Crippen molar-refractivity contribution >= 4 is 23.0 Å². The number of para-hydroxylation sites is 1. The van der Waals surface area contributed by atoms with Gasteiger partial charge in [0.1, 0.15) is 17.8 Å². The molecular weight excluding hydrogens is 323 g/mol. The molecule has 134 valence electrons. The number of hydrogen-bond donors (Lipinski definition) is 2. The maximum absolute atomic E-state index is 13.9. The fraction of sp³-hybridized carbons (Fsp3) is 0.412. The third kappa shape index (κ3) is 3.90. The smallest absolute Gasteiger partial charge is 0.157 e. The molecule has 0 bridgehead atoms. The van der Waals surface area contributed by atoms with Crippen molar-refractivity contribution in [3.05, 3.63) is 36.4 Å². The Morgan fingerprint density at radius 1 is 1.16 bits per heavy atom. The lowest BCUT2D eigenvalue weighted by Crippen LogP contribution is -2.47. The monoisotopic (exact) mass is 346 g/mol. The first-order chi connectivity index (χ1) is 12.2. The van der Waals surface area contributed by atoms with Gasteiger partial charge in [-0.1, -0.05) is 12.1 Å². The van der Waals surface area contributed by atoms with E-state index in [1.807, 2.05) is 17.0 Å². The Kier molecular flexibility index (Phi) is 5.49. The van der Waals surface area contributed by atoms with Gasteiger partial charge in [0.05, 0.1) is 12.3 Å². The van der Waals surface area contributed by atoms with E-state index in [0.29, 0.717) is 62.3 Å². The number of nitrogens with one attached hydrogen (secondary N) is 1. The van der Waals surface area contributed by atoms with Crippen molar-refractivity contribution in [2.24, 2.45) is 0 Å². The fourth-order valence-electron chi connectivity index (χ4n) is 2.92. The summed E-state index contributed by atoms with van der Waals surface area (Å²) in [4.78, 5) is 12.7. The zero-order valence-electron chi connectivity index (χ0n) is 14.3. The van der Waals surface area contributed by atoms with Crippen molar-refractivity contribution in [3.8, 4) is 0 Å². The van der Waals surface area contributed by atoms with Gasteiger partial charge in [0, 0.05) is 39.8 Å². The van der Waals surface area contributed by atoms with Crippen molar-refractivity contribution in [2.45, 2.75) is 0 Å². The molecule has 8 heteroatoms. The van der Waals surface area contributed by atoms with Gasteiger partial charge >= 0.3 is 0 Å². The molecule has 0 spiro atoms. The van der Waals surface area contributed by atoms with Gasteiger partial charge in [0.25, 0.3) is 0 Å². The van der Waals surface area contributed by atoms with Crippen LogP contribution in [0.25, 0.3) is 0 Å². The number of halogens is 1. The van der Waals surface area contributed by atoms with Crippen LogP contribution in [-0.4, -0.2) is 56.4 Å². The van der Waals surface area contributed by atoms with Crippen LogP contribution in [0.2, 0.25) is 0 Å². The van der Waals surface area contributed by atoms with Gasteiger partial charge in [-0.15, -0.1) is 0 Å². The zero-order chi connectivity index (χ0) is 17.6. The molecule has 25 heavy (non-hydrogen) atoms. The van der Waals surface area contributed by atoms with Crippen molar-refractivity contribution in [1.29, 1.82) is 0 Å². The third-order valence-corrected chi connectivity index (χ3v) is 4.23. The summed E-state index contributed by atoms with van der Waals surface area (Å²) < 4.78 is 19.0. The van der Waals surface area contributed by atoms with Gasteiger partial charge in [0.2, 0.25) is 0 Å². The van der Waals surface area contributed by atoms with E-state index in [4.69, 9.17) is 10.5 Å². The highest BCUT2D eigenvalue weighted by Crippen LogP contribution is 2.28. The molecule has 2 aromatic rings. The first-order valence-electron chi connectivity index (χ1n) is 8.28. The first kappa shape index (κ1) is 17.2. The van der Waals surface area contributed by atoms with Gasteiger partial charge in [0.15, 0.2) is 11.6 Å². The van der Waals surface area contributed by atoms with Crippen LogP contribution in [0.4, 0.5) is 27.4 Å². The van der Waals surface area contributed by atoms with Gasteiger partial charge < -0.3 is 25.6 Å². The minimum absolute atomic E-state index is 0.192. The maximum atomic E-state index is 13.9. The van der Waals surface area contributed by atoms with E-state index in [9.17, 15) is 4.39 Å². The molecule has 0 saturated carbocycles. The topological polar surface area (TPSA) is 79.5 Å². The number of nitrogen functional groups attached to an aromatic ring is 1. The van der Waals surface area contributed by atoms with Crippen LogP contribution >= 0.6 is 0 Å². The fourth-order valence-corrected chi connectivity index (χ4v) is 2.92. The second kappa shape index (κ2) is 7.98. The molecule has 7 nitrogen and oxygen atoms in total. The SMILES string of the molecule is COCCNc1ncnc(N2CCN(c3ccccc3F)CC2)c1N. The van der Waals surface area contributed by atoms with Crippen molar-refractivity contribution in [1.82, 2.24) is 9.97 Å². The number of nitrogens with two attached hydrogens (primary N) is 1. The van der Waals surface area contributed by atoms with Crippen LogP contribution in [-0.2, 0) is 4.74 Å². The van der Waals surface area contributed by atoms with E-state index in [1.165, 1.54) is 12.4 Å². The largest absolute Gasteiger partial charge is 0.393 e. The third-order valence-electron chi connectivity index (χ3n) is 4.23. The summed E-state index contributed by atoms with van der Waals surface area (Å²) in [6.07, 6.45) is 1.50. The molecule has 0 aliphatic carbocycles. The second-order valence-corrected chi connectivity index (χ2v) is 5.80. The Morgan fingerprint density at radius 3 is 2.60 bits per heavy atom. The summed E-state index contributed by atoms with van der Waals surface area (Å²) in [6.45, 7) is 4.03. The molecule has 1 aromatic carbocycles. The van der Waals surface area contributed by atoms with Gasteiger partial charge in [-0.25, -0.2) is 14.4 Å². The minimum atomic E-state index is -0.192. The number of rotatable bonds is 6. The van der Waals surface area contributed by atoms with E-state index in [1.54, 1.807) is 13.2 Å². The van der Waals surface area contributed by atoms with E-state index >= 15 is 0 Å². The number of ether oxygens (including phenoxy) is 1.